The van der Waals surface area contributed by atoms with Crippen molar-refractivity contribution in [3.8, 4) is 0 Å². The van der Waals surface area contributed by atoms with Crippen LogP contribution in [0.4, 0.5) is 11.6 Å². The van der Waals surface area contributed by atoms with Crippen molar-refractivity contribution in [1.82, 2.24) is 29.1 Å². The van der Waals surface area contributed by atoms with Gasteiger partial charge < -0.3 is 40.6 Å². The lowest BCUT2D eigenvalue weighted by atomic mass is 10.1. The number of aliphatic hydroxyl groups is 2. The van der Waals surface area contributed by atoms with Crippen molar-refractivity contribution in [2.45, 2.75) is 49.1 Å². The Hall–Kier alpha value is -2.82. The van der Waals surface area contributed by atoms with E-state index in [1.54, 1.807) is 12.1 Å². The maximum absolute atomic E-state index is 13.6. The summed E-state index contributed by atoms with van der Waals surface area (Å²) in [5.74, 6) is -0.235. The van der Waals surface area contributed by atoms with Crippen LogP contribution in [0.3, 0.4) is 0 Å². The number of fused-ring (bicyclic) bond motifs is 5. The van der Waals surface area contributed by atoms with Gasteiger partial charge in [-0.05, 0) is 23.9 Å². The molecule has 1 aromatic carbocycles. The van der Waals surface area contributed by atoms with Gasteiger partial charge in [-0.25, -0.2) is 14.5 Å². The number of thiol groups is 1. The van der Waals surface area contributed by atoms with Gasteiger partial charge in [0.05, 0.1) is 30.6 Å². The maximum Gasteiger partial charge on any atom is 0.386 e. The van der Waals surface area contributed by atoms with Crippen molar-refractivity contribution in [2.75, 3.05) is 24.7 Å². The summed E-state index contributed by atoms with van der Waals surface area (Å²) in [7, 11) is 0. The molecule has 0 spiro atoms. The first-order valence-corrected chi connectivity index (χ1v) is 19.0. The highest BCUT2D eigenvalue weighted by molar-refractivity contribution is 8.44. The number of ether oxygens (including phenoxy) is 2. The van der Waals surface area contributed by atoms with Crippen LogP contribution in [0, 0.1) is 0 Å². The fourth-order valence-corrected chi connectivity index (χ4v) is 8.52. The van der Waals surface area contributed by atoms with Gasteiger partial charge in [0.1, 0.15) is 48.5 Å². The Morgan fingerprint density at radius 1 is 0.957 bits per heavy atom. The zero-order valence-corrected chi connectivity index (χ0v) is 27.1. The van der Waals surface area contributed by atoms with Crippen LogP contribution < -0.4 is 22.6 Å². The first-order chi connectivity index (χ1) is 22.2. The number of anilines is 2. The Morgan fingerprint density at radius 2 is 1.66 bits per heavy atom. The van der Waals surface area contributed by atoms with E-state index in [0.29, 0.717) is 0 Å². The lowest BCUT2D eigenvalue weighted by Crippen LogP contribution is -2.37. The normalized spacial score (nSPS) is 36.5. The molecule has 7 rings (SSSR count). The molecule has 3 aliphatic heterocycles. The zero-order chi connectivity index (χ0) is 33.4. The molecule has 3 unspecified atom stereocenters. The van der Waals surface area contributed by atoms with Crippen molar-refractivity contribution in [2.24, 2.45) is 0 Å². The quantitative estimate of drug-likeness (QED) is 0.0761. The molecule has 3 saturated heterocycles. The van der Waals surface area contributed by atoms with Crippen molar-refractivity contribution in [3.05, 3.63) is 51.6 Å². The summed E-state index contributed by atoms with van der Waals surface area (Å²) in [5.41, 5.74) is 10.7. The Morgan fingerprint density at radius 3 is 2.45 bits per heavy atom. The molecule has 4 aromatic rings. The molecule has 0 amide bonds. The minimum absolute atomic E-state index is 0.0476. The highest BCUT2D eigenvalue weighted by Gasteiger charge is 2.53. The van der Waals surface area contributed by atoms with Gasteiger partial charge in [0.2, 0.25) is 5.95 Å². The molecular formula is C23H26N8O12P2S2. The first-order valence-electron chi connectivity index (χ1n) is 13.7. The molecule has 3 aliphatic rings. The molecule has 8 N–H and O–H groups in total. The molecule has 0 saturated carbocycles. The van der Waals surface area contributed by atoms with Gasteiger partial charge >= 0.3 is 13.5 Å². The highest BCUT2D eigenvalue weighted by Crippen LogP contribution is 2.58. The molecule has 6 heterocycles. The smallest absolute Gasteiger partial charge is 0.386 e. The molecule has 10 atom stereocenters. The number of nitrogen functional groups attached to an aromatic ring is 2. The van der Waals surface area contributed by atoms with E-state index >= 15 is 0 Å². The van der Waals surface area contributed by atoms with E-state index in [-0.39, 0.29) is 33.7 Å². The number of benzene rings is 1. The van der Waals surface area contributed by atoms with E-state index in [0.717, 1.165) is 10.9 Å². The van der Waals surface area contributed by atoms with Crippen LogP contribution in [0.5, 0.6) is 0 Å². The van der Waals surface area contributed by atoms with Gasteiger partial charge in [-0.1, -0.05) is 18.3 Å². The summed E-state index contributed by atoms with van der Waals surface area (Å²) in [4.78, 5) is 51.3. The Balaban J connectivity index is 1.21. The summed E-state index contributed by atoms with van der Waals surface area (Å²) in [5, 5.41) is 22.6. The zero-order valence-electron chi connectivity index (χ0n) is 23.6. The van der Waals surface area contributed by atoms with E-state index < -0.39 is 86.9 Å². The number of rotatable bonds is 2. The van der Waals surface area contributed by atoms with Crippen LogP contribution in [0.15, 0.2) is 40.4 Å². The second-order valence-electron chi connectivity index (χ2n) is 10.8. The number of imidazole rings is 1. The van der Waals surface area contributed by atoms with Gasteiger partial charge in [-0.2, -0.15) is 4.98 Å². The van der Waals surface area contributed by atoms with Gasteiger partial charge in [0.25, 0.3) is 11.1 Å². The Bertz CT molecular complexity index is 2100. The van der Waals surface area contributed by atoms with E-state index in [1.807, 2.05) is 0 Å². The minimum atomic E-state index is -4.42. The number of aliphatic hydroxyl groups excluding tert-OH is 2. The largest absolute Gasteiger partial charge is 0.397 e. The topological polar surface area (TPSA) is 284 Å². The predicted octanol–water partition coefficient (Wildman–Crippen LogP) is -0.717. The summed E-state index contributed by atoms with van der Waals surface area (Å²) in [6.07, 6.45) is -9.35. The fourth-order valence-electron chi connectivity index (χ4n) is 5.61. The SMILES string of the molecule is Nc1nc2c(ncn2C2O[C@@H]3COP(O)(=S)O[C@H]4[C@@H](O)[C@H](n5cnc6c(N)cccc6c5=O)O[C@@H]4COP(=O)(S)O[C@@H]2[C@@H]3O)c(=O)[nH]1. The molecule has 3 aromatic heterocycles. The number of nitrogens with one attached hydrogen (secondary N) is 1. The third-order valence-electron chi connectivity index (χ3n) is 7.78. The lowest BCUT2D eigenvalue weighted by molar-refractivity contribution is -0.0601. The molecule has 0 aliphatic carbocycles. The van der Waals surface area contributed by atoms with Crippen molar-refractivity contribution < 1.29 is 47.2 Å². The summed E-state index contributed by atoms with van der Waals surface area (Å²) >= 11 is 9.26. The molecule has 0 radical (unpaired) electrons. The molecule has 24 heteroatoms. The van der Waals surface area contributed by atoms with Crippen molar-refractivity contribution in [1.29, 1.82) is 0 Å². The summed E-state index contributed by atoms with van der Waals surface area (Å²) in [6.45, 7) is -9.90. The Labute approximate surface area is 272 Å². The predicted molar refractivity (Wildman–Crippen MR) is 168 cm³/mol. The summed E-state index contributed by atoms with van der Waals surface area (Å²) in [6, 6.07) is 4.63. The van der Waals surface area contributed by atoms with Crippen LogP contribution in [0.1, 0.15) is 12.5 Å². The molecule has 252 valence electrons. The number of hydrogen-bond donors (Lipinski definition) is 7. The number of para-hydroxylation sites is 1. The van der Waals surface area contributed by atoms with Gasteiger partial charge in [-0.15, -0.1) is 0 Å². The average Bonchev–Trinajstić information content (AvgIpc) is 3.65. The van der Waals surface area contributed by atoms with Gasteiger partial charge in [-0.3, -0.25) is 37.3 Å². The van der Waals surface area contributed by atoms with Crippen LogP contribution in [-0.4, -0.2) is 94.0 Å². The molecule has 47 heavy (non-hydrogen) atoms. The van der Waals surface area contributed by atoms with E-state index in [2.05, 4.69) is 32.2 Å². The van der Waals surface area contributed by atoms with E-state index in [4.69, 9.17) is 50.8 Å². The molecule has 3 fully saturated rings. The second-order valence-corrected chi connectivity index (χ2v) is 16.4. The van der Waals surface area contributed by atoms with E-state index in [1.165, 1.54) is 17.0 Å². The van der Waals surface area contributed by atoms with Crippen LogP contribution in [0.2, 0.25) is 0 Å². The average molecular weight is 733 g/mol. The fraction of sp³-hybridized carbons (Fsp3) is 0.435. The monoisotopic (exact) mass is 732 g/mol. The number of aromatic amines is 1. The van der Waals surface area contributed by atoms with Crippen molar-refractivity contribution >= 4 is 71.3 Å². The number of aromatic nitrogens is 6. The van der Waals surface area contributed by atoms with Crippen LogP contribution >= 0.6 is 25.8 Å². The molecular weight excluding hydrogens is 706 g/mol. The van der Waals surface area contributed by atoms with Crippen LogP contribution in [0.25, 0.3) is 22.1 Å². The third-order valence-corrected chi connectivity index (χ3v) is 11.0. The molecule has 20 nitrogen and oxygen atoms in total. The van der Waals surface area contributed by atoms with Crippen LogP contribution in [-0.2, 0) is 43.9 Å². The molecule has 2 bridgehead atoms. The number of nitrogens with zero attached hydrogens (tertiary/aromatic N) is 5. The summed E-state index contributed by atoms with van der Waals surface area (Å²) < 4.78 is 50.0. The lowest BCUT2D eigenvalue weighted by Gasteiger charge is -2.27. The van der Waals surface area contributed by atoms with E-state index in [9.17, 15) is 29.3 Å². The highest BCUT2D eigenvalue weighted by atomic mass is 32.7. The maximum atomic E-state index is 13.6. The Kier molecular flexibility index (Phi) is 8.32. The number of nitrogens with two attached hydrogens (primary N) is 2. The first kappa shape index (κ1) is 32.7. The number of hydrogen-bond acceptors (Lipinski definition) is 17. The van der Waals surface area contributed by atoms with Gasteiger partial charge in [0.15, 0.2) is 23.6 Å². The van der Waals surface area contributed by atoms with Gasteiger partial charge in [0, 0.05) is 0 Å². The second kappa shape index (κ2) is 11.9. The standard InChI is InChI=1S/C23H26N8O12P2S2/c24-9-3-1-2-8-12(9)26-7-31(20(8)35)21-15(33)16-11(41-21)5-39-45(37,47)43-17-14(32)10(4-38-44(36,46)42-16)40-22(17)30-6-27-13-18(30)28-23(25)29-19(13)34/h1-3,6-7,10-11,14-17,21-22,32-33H,4-5,24H2,(H,36,46)(H,37,47)(H3,25,28,29,34)/t10-,11-,14-,15-,16-,17-,21-,22?,44?,45?/m1/s1. The van der Waals surface area contributed by atoms with Crippen molar-refractivity contribution in [3.63, 3.8) is 0 Å². The minimum Gasteiger partial charge on any atom is -0.397 e. The third kappa shape index (κ3) is 5.92. The number of H-pyrrole nitrogens is 1.